The number of aryl methyl sites for hydroxylation is 1. The Hall–Kier alpha value is -1.60. The van der Waals surface area contributed by atoms with Crippen molar-refractivity contribution in [3.8, 4) is 5.75 Å². The number of likely N-dealkylation sites (N-methyl/N-ethyl adjacent to an activating group) is 1. The van der Waals surface area contributed by atoms with E-state index < -0.39 is 10.0 Å². The molecule has 0 bridgehead atoms. The highest BCUT2D eigenvalue weighted by Gasteiger charge is 2.23. The molecule has 0 aliphatic heterocycles. The maximum Gasteiger partial charge on any atom is 0.243 e. The van der Waals surface area contributed by atoms with Crippen LogP contribution in [0.5, 0.6) is 5.75 Å². The van der Waals surface area contributed by atoms with Gasteiger partial charge in [-0.1, -0.05) is 19.8 Å². The van der Waals surface area contributed by atoms with E-state index in [9.17, 15) is 13.2 Å². The number of nitrogens with one attached hydrogen (secondary N) is 1. The van der Waals surface area contributed by atoms with Gasteiger partial charge in [0, 0.05) is 13.6 Å². The monoisotopic (exact) mass is 342 g/mol. The van der Waals surface area contributed by atoms with Crippen LogP contribution in [-0.4, -0.2) is 45.9 Å². The second kappa shape index (κ2) is 8.88. The molecule has 0 aromatic heterocycles. The van der Waals surface area contributed by atoms with Crippen LogP contribution in [0.1, 0.15) is 31.7 Å². The molecule has 0 atom stereocenters. The molecule has 1 rings (SSSR count). The van der Waals surface area contributed by atoms with Crippen LogP contribution >= 0.6 is 0 Å². The summed E-state index contributed by atoms with van der Waals surface area (Å²) in [7, 11) is -0.763. The Morgan fingerprint density at radius 1 is 1.30 bits per heavy atom. The van der Waals surface area contributed by atoms with Gasteiger partial charge in [0.1, 0.15) is 5.75 Å². The van der Waals surface area contributed by atoms with E-state index in [0.717, 1.165) is 29.1 Å². The summed E-state index contributed by atoms with van der Waals surface area (Å²) < 4.78 is 31.2. The minimum Gasteiger partial charge on any atom is -0.496 e. The number of unbranched alkanes of at least 4 members (excludes halogenated alkanes) is 2. The van der Waals surface area contributed by atoms with Gasteiger partial charge in [-0.15, -0.1) is 0 Å². The van der Waals surface area contributed by atoms with Gasteiger partial charge >= 0.3 is 0 Å². The highest BCUT2D eigenvalue weighted by Crippen LogP contribution is 2.23. The average Bonchev–Trinajstić information content (AvgIpc) is 2.51. The predicted octanol–water partition coefficient (Wildman–Crippen LogP) is 1.93. The standard InChI is InChI=1S/C16H26N2O4S/c1-5-6-7-10-17-16(19)12-18(3)23(20,21)14-8-9-15(22-4)13(2)11-14/h8-9,11H,5-7,10,12H2,1-4H3,(H,17,19). The quantitative estimate of drug-likeness (QED) is 0.696. The number of methoxy groups -OCH3 is 1. The van der Waals surface area contributed by atoms with Crippen molar-refractivity contribution in [2.24, 2.45) is 0 Å². The maximum atomic E-state index is 12.5. The SMILES string of the molecule is CCCCCNC(=O)CN(C)S(=O)(=O)c1ccc(OC)c(C)c1. The van der Waals surface area contributed by atoms with Crippen LogP contribution in [0.15, 0.2) is 23.1 Å². The summed E-state index contributed by atoms with van der Waals surface area (Å²) in [5.74, 6) is 0.331. The topological polar surface area (TPSA) is 75.7 Å². The zero-order valence-corrected chi connectivity index (χ0v) is 15.1. The van der Waals surface area contributed by atoms with Crippen molar-refractivity contribution in [2.75, 3.05) is 27.2 Å². The summed E-state index contributed by atoms with van der Waals surface area (Å²) in [5.41, 5.74) is 0.728. The van der Waals surface area contributed by atoms with Crippen molar-refractivity contribution < 1.29 is 17.9 Å². The molecule has 0 saturated carbocycles. The second-order valence-electron chi connectivity index (χ2n) is 5.45. The van der Waals surface area contributed by atoms with Crippen molar-refractivity contribution in [1.82, 2.24) is 9.62 Å². The van der Waals surface area contributed by atoms with E-state index in [2.05, 4.69) is 12.2 Å². The van der Waals surface area contributed by atoms with Crippen LogP contribution in [0.2, 0.25) is 0 Å². The van der Waals surface area contributed by atoms with Crippen LogP contribution < -0.4 is 10.1 Å². The first-order valence-electron chi connectivity index (χ1n) is 7.70. The minimum absolute atomic E-state index is 0.150. The lowest BCUT2D eigenvalue weighted by atomic mass is 10.2. The molecule has 0 unspecified atom stereocenters. The van der Waals surface area contributed by atoms with E-state index in [4.69, 9.17) is 4.74 Å². The number of benzene rings is 1. The molecule has 23 heavy (non-hydrogen) atoms. The molecule has 0 aliphatic rings. The van der Waals surface area contributed by atoms with Gasteiger partial charge in [0.15, 0.2) is 0 Å². The summed E-state index contributed by atoms with van der Waals surface area (Å²) in [6, 6.07) is 4.64. The summed E-state index contributed by atoms with van der Waals surface area (Å²) in [6.07, 6.45) is 3.01. The molecule has 0 heterocycles. The highest BCUT2D eigenvalue weighted by molar-refractivity contribution is 7.89. The maximum absolute atomic E-state index is 12.5. The molecule has 7 heteroatoms. The molecule has 0 saturated heterocycles. The predicted molar refractivity (Wildman–Crippen MR) is 90.1 cm³/mol. The third-order valence-corrected chi connectivity index (χ3v) is 5.34. The molecule has 0 aliphatic carbocycles. The van der Waals surface area contributed by atoms with E-state index in [1.54, 1.807) is 19.1 Å². The molecular weight excluding hydrogens is 316 g/mol. The van der Waals surface area contributed by atoms with Crippen molar-refractivity contribution in [3.05, 3.63) is 23.8 Å². The summed E-state index contributed by atoms with van der Waals surface area (Å²) in [6.45, 7) is 4.24. The van der Waals surface area contributed by atoms with Gasteiger partial charge in [0.2, 0.25) is 15.9 Å². The van der Waals surface area contributed by atoms with E-state index in [0.29, 0.717) is 12.3 Å². The number of rotatable bonds is 9. The largest absolute Gasteiger partial charge is 0.496 e. The second-order valence-corrected chi connectivity index (χ2v) is 7.49. The fourth-order valence-electron chi connectivity index (χ4n) is 2.14. The number of sulfonamides is 1. The minimum atomic E-state index is -3.70. The molecule has 130 valence electrons. The van der Waals surface area contributed by atoms with E-state index in [1.165, 1.54) is 20.2 Å². The molecule has 6 nitrogen and oxygen atoms in total. The van der Waals surface area contributed by atoms with Crippen LogP contribution in [0.3, 0.4) is 0 Å². The van der Waals surface area contributed by atoms with E-state index in [1.807, 2.05) is 0 Å². The average molecular weight is 342 g/mol. The number of amides is 1. The van der Waals surface area contributed by atoms with Gasteiger partial charge in [0.25, 0.3) is 0 Å². The molecule has 1 amide bonds. The Balaban J connectivity index is 2.72. The van der Waals surface area contributed by atoms with E-state index in [-0.39, 0.29) is 17.3 Å². The Labute approximate surface area is 138 Å². The number of carbonyl (C=O) groups excluding carboxylic acids is 1. The van der Waals surface area contributed by atoms with E-state index >= 15 is 0 Å². The van der Waals surface area contributed by atoms with Crippen LogP contribution in [-0.2, 0) is 14.8 Å². The van der Waals surface area contributed by atoms with Gasteiger partial charge in [-0.25, -0.2) is 8.42 Å². The summed E-state index contributed by atoms with van der Waals surface area (Å²) >= 11 is 0. The molecule has 1 aromatic carbocycles. The number of ether oxygens (including phenoxy) is 1. The fraction of sp³-hybridized carbons (Fsp3) is 0.562. The molecule has 0 fully saturated rings. The van der Waals surface area contributed by atoms with Crippen molar-refractivity contribution in [2.45, 2.75) is 38.0 Å². The highest BCUT2D eigenvalue weighted by atomic mass is 32.2. The zero-order valence-electron chi connectivity index (χ0n) is 14.3. The van der Waals surface area contributed by atoms with Gasteiger partial charge in [-0.2, -0.15) is 4.31 Å². The van der Waals surface area contributed by atoms with Gasteiger partial charge < -0.3 is 10.1 Å². The van der Waals surface area contributed by atoms with Crippen molar-refractivity contribution in [3.63, 3.8) is 0 Å². The van der Waals surface area contributed by atoms with Crippen LogP contribution in [0.25, 0.3) is 0 Å². The molecular formula is C16H26N2O4S. The Bertz CT molecular complexity index is 629. The first kappa shape index (κ1) is 19.4. The third kappa shape index (κ3) is 5.51. The molecule has 1 aromatic rings. The Morgan fingerprint density at radius 3 is 2.57 bits per heavy atom. The lowest BCUT2D eigenvalue weighted by Gasteiger charge is -2.17. The smallest absolute Gasteiger partial charge is 0.243 e. The molecule has 0 radical (unpaired) electrons. The summed E-state index contributed by atoms with van der Waals surface area (Å²) in [5, 5.41) is 2.74. The number of hydrogen-bond acceptors (Lipinski definition) is 4. The number of nitrogens with zero attached hydrogens (tertiary/aromatic N) is 1. The first-order valence-corrected chi connectivity index (χ1v) is 9.14. The summed E-state index contributed by atoms with van der Waals surface area (Å²) in [4.78, 5) is 12.0. The molecule has 0 spiro atoms. The Kier molecular flexibility index (Phi) is 7.51. The number of hydrogen-bond donors (Lipinski definition) is 1. The lowest BCUT2D eigenvalue weighted by molar-refractivity contribution is -0.121. The lowest BCUT2D eigenvalue weighted by Crippen LogP contribution is -2.38. The van der Waals surface area contributed by atoms with Gasteiger partial charge in [0.05, 0.1) is 18.6 Å². The number of carbonyl (C=O) groups is 1. The Morgan fingerprint density at radius 2 is 2.00 bits per heavy atom. The molecule has 1 N–H and O–H groups in total. The first-order chi connectivity index (χ1) is 10.8. The third-order valence-electron chi connectivity index (χ3n) is 3.54. The zero-order chi connectivity index (χ0) is 17.5. The normalized spacial score (nSPS) is 11.5. The van der Waals surface area contributed by atoms with Crippen LogP contribution in [0.4, 0.5) is 0 Å². The fourth-order valence-corrected chi connectivity index (χ4v) is 3.35. The van der Waals surface area contributed by atoms with Crippen molar-refractivity contribution in [1.29, 1.82) is 0 Å². The van der Waals surface area contributed by atoms with Crippen LogP contribution in [0, 0.1) is 6.92 Å². The van der Waals surface area contributed by atoms with Gasteiger partial charge in [-0.3, -0.25) is 4.79 Å². The van der Waals surface area contributed by atoms with Gasteiger partial charge in [-0.05, 0) is 37.1 Å². The van der Waals surface area contributed by atoms with Crippen molar-refractivity contribution >= 4 is 15.9 Å².